The van der Waals surface area contributed by atoms with Crippen molar-refractivity contribution >= 4 is 29.1 Å². The monoisotopic (exact) mass is 383 g/mol. The number of anilines is 2. The zero-order valence-corrected chi connectivity index (χ0v) is 15.3. The number of amides is 2. The lowest BCUT2D eigenvalue weighted by Crippen LogP contribution is -2.50. The molecular formula is C18H18ClN7O. The Bertz CT molecular complexity index is 923. The van der Waals surface area contributed by atoms with E-state index in [1.165, 1.54) is 6.33 Å². The summed E-state index contributed by atoms with van der Waals surface area (Å²) < 4.78 is 1.69. The molecule has 1 aliphatic rings. The number of hydrogen-bond donors (Lipinski definition) is 1. The van der Waals surface area contributed by atoms with Gasteiger partial charge in [0.05, 0.1) is 10.7 Å². The van der Waals surface area contributed by atoms with Gasteiger partial charge in [-0.2, -0.15) is 5.10 Å². The normalized spacial score (nSPS) is 14.3. The molecule has 27 heavy (non-hydrogen) atoms. The number of hydrogen-bond acceptors (Lipinski definition) is 5. The number of halogens is 1. The second-order valence-corrected chi connectivity index (χ2v) is 6.48. The van der Waals surface area contributed by atoms with E-state index in [0.717, 1.165) is 5.82 Å². The topological polar surface area (TPSA) is 79.2 Å². The number of benzene rings is 1. The molecule has 0 radical (unpaired) electrons. The van der Waals surface area contributed by atoms with E-state index < -0.39 is 0 Å². The van der Waals surface area contributed by atoms with Crippen molar-refractivity contribution in [3.05, 3.63) is 60.1 Å². The number of piperazine rings is 1. The highest BCUT2D eigenvalue weighted by Crippen LogP contribution is 2.21. The summed E-state index contributed by atoms with van der Waals surface area (Å²) >= 11 is 6.10. The van der Waals surface area contributed by atoms with Crippen molar-refractivity contribution < 1.29 is 4.79 Å². The van der Waals surface area contributed by atoms with Crippen molar-refractivity contribution in [1.29, 1.82) is 0 Å². The standard InChI is InChI=1S/C18H18ClN7O/c19-14-4-1-2-5-15(14)23-18(27)25-10-8-24(9-11-25)16-12-17(21-13-20-16)26-7-3-6-22-26/h1-7,12-13H,8-11H2,(H,23,27). The van der Waals surface area contributed by atoms with Crippen LogP contribution in [-0.2, 0) is 0 Å². The molecule has 0 saturated carbocycles. The van der Waals surface area contributed by atoms with Gasteiger partial charge in [-0.15, -0.1) is 0 Å². The predicted molar refractivity (Wildman–Crippen MR) is 103 cm³/mol. The molecule has 8 nitrogen and oxygen atoms in total. The maximum absolute atomic E-state index is 12.5. The lowest BCUT2D eigenvalue weighted by atomic mass is 10.3. The maximum atomic E-state index is 12.5. The summed E-state index contributed by atoms with van der Waals surface area (Å²) in [5, 5.41) is 7.58. The largest absolute Gasteiger partial charge is 0.353 e. The van der Waals surface area contributed by atoms with Crippen LogP contribution in [0.15, 0.2) is 55.1 Å². The number of nitrogens with one attached hydrogen (secondary N) is 1. The van der Waals surface area contributed by atoms with Crippen molar-refractivity contribution in [2.75, 3.05) is 36.4 Å². The molecule has 0 spiro atoms. The first kappa shape index (κ1) is 17.3. The summed E-state index contributed by atoms with van der Waals surface area (Å²) in [6.45, 7) is 2.56. The first-order valence-corrected chi connectivity index (χ1v) is 8.96. The van der Waals surface area contributed by atoms with Crippen LogP contribution in [0.4, 0.5) is 16.3 Å². The van der Waals surface area contributed by atoms with Gasteiger partial charge in [-0.05, 0) is 18.2 Å². The SMILES string of the molecule is O=C(Nc1ccccc1Cl)N1CCN(c2cc(-n3cccn3)ncn2)CC1. The smallest absolute Gasteiger partial charge is 0.322 e. The fourth-order valence-corrected chi connectivity index (χ4v) is 3.12. The molecule has 1 aliphatic heterocycles. The molecule has 0 bridgehead atoms. The Hall–Kier alpha value is -3.13. The molecule has 0 aliphatic carbocycles. The molecule has 0 atom stereocenters. The van der Waals surface area contributed by atoms with E-state index >= 15 is 0 Å². The van der Waals surface area contributed by atoms with Crippen molar-refractivity contribution in [2.24, 2.45) is 0 Å². The van der Waals surface area contributed by atoms with Gasteiger partial charge in [0.15, 0.2) is 5.82 Å². The Labute approximate surface area is 161 Å². The molecule has 0 unspecified atom stereocenters. The number of rotatable bonds is 3. The number of carbonyl (C=O) groups excluding carboxylic acids is 1. The summed E-state index contributed by atoms with van der Waals surface area (Å²) in [6, 6.07) is 10.8. The first-order valence-electron chi connectivity index (χ1n) is 8.58. The molecule has 1 aromatic carbocycles. The van der Waals surface area contributed by atoms with Crippen LogP contribution < -0.4 is 10.2 Å². The fourth-order valence-electron chi connectivity index (χ4n) is 2.94. The van der Waals surface area contributed by atoms with E-state index in [1.54, 1.807) is 27.9 Å². The van der Waals surface area contributed by atoms with Crippen LogP contribution >= 0.6 is 11.6 Å². The van der Waals surface area contributed by atoms with Crippen LogP contribution in [0.5, 0.6) is 0 Å². The van der Waals surface area contributed by atoms with Crippen LogP contribution in [0.3, 0.4) is 0 Å². The third kappa shape index (κ3) is 3.85. The van der Waals surface area contributed by atoms with Crippen molar-refractivity contribution in [3.8, 4) is 5.82 Å². The Morgan fingerprint density at radius 1 is 1.04 bits per heavy atom. The lowest BCUT2D eigenvalue weighted by molar-refractivity contribution is 0.208. The van der Waals surface area contributed by atoms with E-state index in [9.17, 15) is 4.79 Å². The van der Waals surface area contributed by atoms with E-state index in [4.69, 9.17) is 11.6 Å². The van der Waals surface area contributed by atoms with Gasteiger partial charge in [0, 0.05) is 44.6 Å². The van der Waals surface area contributed by atoms with Gasteiger partial charge in [-0.3, -0.25) is 0 Å². The summed E-state index contributed by atoms with van der Waals surface area (Å²) in [5.74, 6) is 1.53. The summed E-state index contributed by atoms with van der Waals surface area (Å²) in [5.41, 5.74) is 0.617. The van der Waals surface area contributed by atoms with Gasteiger partial charge in [0.2, 0.25) is 0 Å². The molecule has 4 rings (SSSR count). The fraction of sp³-hybridized carbons (Fsp3) is 0.222. The van der Waals surface area contributed by atoms with Gasteiger partial charge in [-0.1, -0.05) is 23.7 Å². The van der Waals surface area contributed by atoms with Crippen LogP contribution in [0.2, 0.25) is 5.02 Å². The first-order chi connectivity index (χ1) is 13.2. The summed E-state index contributed by atoms with van der Waals surface area (Å²) in [6.07, 6.45) is 5.07. The van der Waals surface area contributed by atoms with Crippen LogP contribution in [0.25, 0.3) is 5.82 Å². The number of aromatic nitrogens is 4. The van der Waals surface area contributed by atoms with Gasteiger partial charge < -0.3 is 15.1 Å². The minimum absolute atomic E-state index is 0.150. The summed E-state index contributed by atoms with van der Waals surface area (Å²) in [7, 11) is 0. The summed E-state index contributed by atoms with van der Waals surface area (Å²) in [4.78, 5) is 25.0. The second-order valence-electron chi connectivity index (χ2n) is 6.07. The molecule has 2 amide bonds. The molecule has 138 valence electrons. The van der Waals surface area contributed by atoms with Crippen molar-refractivity contribution in [3.63, 3.8) is 0 Å². The van der Waals surface area contributed by atoms with E-state index in [0.29, 0.717) is 42.7 Å². The second kappa shape index (κ2) is 7.63. The van der Waals surface area contributed by atoms with Crippen LogP contribution in [-0.4, -0.2) is 56.9 Å². The highest BCUT2D eigenvalue weighted by molar-refractivity contribution is 6.33. The number of nitrogens with zero attached hydrogens (tertiary/aromatic N) is 6. The van der Waals surface area contributed by atoms with Crippen LogP contribution in [0.1, 0.15) is 0 Å². The number of para-hydroxylation sites is 1. The molecular weight excluding hydrogens is 366 g/mol. The third-order valence-electron chi connectivity index (χ3n) is 4.38. The van der Waals surface area contributed by atoms with Gasteiger partial charge in [-0.25, -0.2) is 19.4 Å². The van der Waals surface area contributed by atoms with Gasteiger partial charge >= 0.3 is 6.03 Å². The Kier molecular flexibility index (Phi) is 4.88. The molecule has 1 saturated heterocycles. The van der Waals surface area contributed by atoms with Gasteiger partial charge in [0.25, 0.3) is 0 Å². The zero-order chi connectivity index (χ0) is 18.6. The highest BCUT2D eigenvalue weighted by Gasteiger charge is 2.22. The molecule has 2 aromatic heterocycles. The van der Waals surface area contributed by atoms with Crippen molar-refractivity contribution in [2.45, 2.75) is 0 Å². The third-order valence-corrected chi connectivity index (χ3v) is 4.71. The molecule has 1 fully saturated rings. The maximum Gasteiger partial charge on any atom is 0.322 e. The van der Waals surface area contributed by atoms with Crippen molar-refractivity contribution in [1.82, 2.24) is 24.6 Å². The average Bonchev–Trinajstić information content (AvgIpc) is 3.25. The molecule has 3 heterocycles. The minimum Gasteiger partial charge on any atom is -0.353 e. The number of urea groups is 1. The van der Waals surface area contributed by atoms with E-state index in [2.05, 4.69) is 25.3 Å². The number of carbonyl (C=O) groups is 1. The average molecular weight is 384 g/mol. The van der Waals surface area contributed by atoms with E-state index in [-0.39, 0.29) is 6.03 Å². The molecule has 9 heteroatoms. The Balaban J connectivity index is 1.38. The van der Waals surface area contributed by atoms with Crippen LogP contribution in [0, 0.1) is 0 Å². The van der Waals surface area contributed by atoms with E-state index in [1.807, 2.05) is 30.5 Å². The predicted octanol–water partition coefficient (Wildman–Crippen LogP) is 2.67. The zero-order valence-electron chi connectivity index (χ0n) is 14.5. The lowest BCUT2D eigenvalue weighted by Gasteiger charge is -2.35. The Morgan fingerprint density at radius 2 is 1.81 bits per heavy atom. The molecule has 3 aromatic rings. The Morgan fingerprint density at radius 3 is 2.56 bits per heavy atom. The quantitative estimate of drug-likeness (QED) is 0.752. The molecule has 1 N–H and O–H groups in total. The van der Waals surface area contributed by atoms with Gasteiger partial charge in [0.1, 0.15) is 12.1 Å². The minimum atomic E-state index is -0.150. The highest BCUT2D eigenvalue weighted by atomic mass is 35.5.